The molecule has 3 heterocycles. The van der Waals surface area contributed by atoms with Gasteiger partial charge in [0.25, 0.3) is 0 Å². The molecule has 12 nitrogen and oxygen atoms in total. The third-order valence-corrected chi connectivity index (χ3v) is 18.2. The van der Waals surface area contributed by atoms with Crippen molar-refractivity contribution in [2.24, 2.45) is 0 Å². The molecule has 3 aromatic heterocycles. The first kappa shape index (κ1) is 63.4. The number of anilines is 18. The maximum Gasteiger partial charge on any atom is 0.237 e. The van der Waals surface area contributed by atoms with Crippen LogP contribution in [0.1, 0.15) is 33.4 Å². The lowest BCUT2D eigenvalue weighted by molar-refractivity contribution is 1.07. The highest BCUT2D eigenvalue weighted by Crippen LogP contribution is 2.53. The second kappa shape index (κ2) is 27.5. The molecule has 492 valence electrons. The van der Waals surface area contributed by atoms with Crippen molar-refractivity contribution in [3.63, 3.8) is 0 Å². The Kier molecular flexibility index (Phi) is 17.1. The van der Waals surface area contributed by atoms with Crippen LogP contribution in [0.25, 0.3) is 32.7 Å². The van der Waals surface area contributed by atoms with E-state index in [1.807, 2.05) is 18.2 Å². The van der Waals surface area contributed by atoms with Crippen molar-refractivity contribution in [1.82, 2.24) is 29.9 Å². The lowest BCUT2D eigenvalue weighted by Gasteiger charge is -2.33. The smallest absolute Gasteiger partial charge is 0.237 e. The summed E-state index contributed by atoms with van der Waals surface area (Å²) in [6.45, 7) is 12.8. The van der Waals surface area contributed by atoms with Gasteiger partial charge in [-0.3, -0.25) is 29.4 Å². The first-order valence-corrected chi connectivity index (χ1v) is 34.4. The molecule has 102 heavy (non-hydrogen) atoms. The molecule has 0 saturated carbocycles. The molecule has 0 atom stereocenters. The van der Waals surface area contributed by atoms with Crippen molar-refractivity contribution in [3.8, 4) is 0 Å². The zero-order valence-corrected chi connectivity index (χ0v) is 57.5. The number of hydrogen-bond acceptors (Lipinski definition) is 12. The maximum atomic E-state index is 6.22. The van der Waals surface area contributed by atoms with Crippen molar-refractivity contribution in [1.29, 1.82) is 0 Å². The van der Waals surface area contributed by atoms with Gasteiger partial charge in [-0.2, -0.15) is 15.0 Å². The fraction of sp³-hybridized carbons (Fsp3) is 0.0667. The van der Waals surface area contributed by atoms with Crippen molar-refractivity contribution < 1.29 is 0 Å². The molecule has 0 saturated heterocycles. The van der Waals surface area contributed by atoms with Gasteiger partial charge >= 0.3 is 0 Å². The van der Waals surface area contributed by atoms with E-state index in [0.717, 1.165) is 102 Å². The van der Waals surface area contributed by atoms with Gasteiger partial charge in [-0.25, -0.2) is 15.0 Å². The molecule has 0 unspecified atom stereocenters. The highest BCUT2D eigenvalue weighted by molar-refractivity contribution is 6.31. The summed E-state index contributed by atoms with van der Waals surface area (Å²) in [5.74, 6) is 2.77. The number of aryl methyl sites for hydroxylation is 6. The molecule has 0 spiro atoms. The van der Waals surface area contributed by atoms with Crippen LogP contribution in [0.2, 0.25) is 0 Å². The van der Waals surface area contributed by atoms with Crippen LogP contribution >= 0.6 is 0 Å². The van der Waals surface area contributed by atoms with E-state index in [-0.39, 0.29) is 0 Å². The van der Waals surface area contributed by atoms with E-state index in [2.05, 4.69) is 380 Å². The summed E-state index contributed by atoms with van der Waals surface area (Å²) >= 11 is 0. The Labute approximate surface area is 594 Å². The van der Waals surface area contributed by atoms with Crippen LogP contribution in [0.15, 0.2) is 328 Å². The van der Waals surface area contributed by atoms with E-state index in [4.69, 9.17) is 29.9 Å². The number of nitrogens with zero attached hydrogens (tertiary/aromatic N) is 12. The molecular weight excluding hydrogens is 1250 g/mol. The predicted molar refractivity (Wildman–Crippen MR) is 422 cm³/mol. The zero-order chi connectivity index (χ0) is 69.2. The Morgan fingerprint density at radius 3 is 0.520 bits per heavy atom. The molecule has 0 bridgehead atoms. The van der Waals surface area contributed by atoms with Crippen LogP contribution < -0.4 is 29.4 Å². The molecule has 12 heteroatoms. The fourth-order valence-corrected chi connectivity index (χ4v) is 13.7. The SMILES string of the molecule is Cc1cccc(N(c2ccccc2)c2nc(N(c3ccccc3)c3cccc(C)c3)c3c(n2)c2c(N(c4ccccc4)c4cccc(C)c4)nc(N(c4ccccc4)c4cccc(C)c4)nc2c2c(N(c4ccccc4)c4cccc(C)c4)nc(N(c4ccccc4)c4cccc(C)c4)nc32)c1. The van der Waals surface area contributed by atoms with Crippen molar-refractivity contribution in [3.05, 3.63) is 361 Å². The van der Waals surface area contributed by atoms with E-state index < -0.39 is 0 Å². The Hall–Kier alpha value is -13.3. The third-order valence-electron chi connectivity index (χ3n) is 18.2. The fourth-order valence-electron chi connectivity index (χ4n) is 13.7. The summed E-state index contributed by atoms with van der Waals surface area (Å²) in [5.41, 5.74) is 18.2. The number of hydrogen-bond donors (Lipinski definition) is 0. The molecule has 0 aliphatic rings. The standard InChI is InChI=1S/C90H72N12/c1-61-31-25-49-73(55-61)97(67-37-13-7-14-38-67)85-79-82(91-88(94-85)100(70-43-19-10-20-44-70)76-52-28-34-64(4)58-76)80-84(93-90(102(72-47-23-12-24-48-72)78-54-30-36-66(6)60-78)96-86(80)98(68-39-15-8-16-40-68)74-50-26-32-62(2)56-74)81-83(79)92-89(101(71-45-21-11-22-46-71)77-53-29-35-65(5)59-77)95-87(81)99(69-41-17-9-18-42-69)75-51-27-33-63(3)57-75/h7-60H,1-6H3. The van der Waals surface area contributed by atoms with Gasteiger partial charge in [-0.05, 0) is 221 Å². The molecule has 0 amide bonds. The first-order valence-electron chi connectivity index (χ1n) is 34.4. The van der Waals surface area contributed by atoms with Crippen LogP contribution in [-0.2, 0) is 0 Å². The van der Waals surface area contributed by atoms with Gasteiger partial charge < -0.3 is 0 Å². The van der Waals surface area contributed by atoms with Crippen LogP contribution in [0, 0.1) is 41.5 Å². The molecule has 0 N–H and O–H groups in total. The van der Waals surface area contributed by atoms with Gasteiger partial charge in [-0.1, -0.05) is 182 Å². The van der Waals surface area contributed by atoms with Gasteiger partial charge in [0.1, 0.15) is 0 Å². The minimum atomic E-state index is 0.386. The quantitative estimate of drug-likeness (QED) is 0.0766. The Balaban J connectivity index is 1.23. The molecule has 0 aliphatic heterocycles. The molecule has 13 aromatic carbocycles. The number of fused-ring (bicyclic) bond motifs is 6. The third kappa shape index (κ3) is 12.4. The first-order chi connectivity index (χ1) is 50.1. The lowest BCUT2D eigenvalue weighted by Crippen LogP contribution is -2.21. The Bertz CT molecular complexity index is 5120. The molecule has 16 aromatic rings. The molecular formula is C90H72N12. The van der Waals surface area contributed by atoms with E-state index in [0.29, 0.717) is 68.0 Å². The van der Waals surface area contributed by atoms with E-state index in [1.165, 1.54) is 0 Å². The zero-order valence-electron chi connectivity index (χ0n) is 57.5. The van der Waals surface area contributed by atoms with E-state index >= 15 is 0 Å². The van der Waals surface area contributed by atoms with Gasteiger partial charge in [-0.15, -0.1) is 0 Å². The summed E-state index contributed by atoms with van der Waals surface area (Å²) < 4.78 is 0. The van der Waals surface area contributed by atoms with Crippen LogP contribution in [0.5, 0.6) is 0 Å². The average molecular weight is 1320 g/mol. The summed E-state index contributed by atoms with van der Waals surface area (Å²) in [5, 5.41) is 1.82. The van der Waals surface area contributed by atoms with Gasteiger partial charge in [0.05, 0.1) is 32.7 Å². The predicted octanol–water partition coefficient (Wildman–Crippen LogP) is 24.2. The Morgan fingerprint density at radius 2 is 0.333 bits per heavy atom. The van der Waals surface area contributed by atoms with Crippen molar-refractivity contribution in [2.45, 2.75) is 41.5 Å². The highest BCUT2D eigenvalue weighted by atomic mass is 15.3. The summed E-state index contributed by atoms with van der Waals surface area (Å²) in [6, 6.07) is 114. The molecule has 0 fully saturated rings. The number of aromatic nitrogens is 6. The number of benzene rings is 13. The van der Waals surface area contributed by atoms with E-state index in [9.17, 15) is 0 Å². The van der Waals surface area contributed by atoms with Gasteiger partial charge in [0.15, 0.2) is 17.5 Å². The largest absolute Gasteiger partial charge is 0.294 e. The minimum absolute atomic E-state index is 0.386. The van der Waals surface area contributed by atoms with Crippen molar-refractivity contribution >= 4 is 136 Å². The average Bonchev–Trinajstić information content (AvgIpc) is 0.696. The molecule has 0 aliphatic carbocycles. The van der Waals surface area contributed by atoms with Gasteiger partial charge in [0, 0.05) is 68.2 Å². The van der Waals surface area contributed by atoms with Crippen LogP contribution in [0.3, 0.4) is 0 Å². The summed E-state index contributed by atoms with van der Waals surface area (Å²) in [7, 11) is 0. The maximum absolute atomic E-state index is 6.22. The van der Waals surface area contributed by atoms with Crippen LogP contribution in [0.4, 0.5) is 104 Å². The molecule has 16 rings (SSSR count). The summed E-state index contributed by atoms with van der Waals surface area (Å²) in [4.78, 5) is 50.4. The van der Waals surface area contributed by atoms with Crippen molar-refractivity contribution in [2.75, 3.05) is 29.4 Å². The monoisotopic (exact) mass is 1320 g/mol. The minimum Gasteiger partial charge on any atom is -0.294 e. The van der Waals surface area contributed by atoms with Gasteiger partial charge in [0.2, 0.25) is 17.8 Å². The Morgan fingerprint density at radius 1 is 0.167 bits per heavy atom. The normalized spacial score (nSPS) is 11.2. The second-order valence-electron chi connectivity index (χ2n) is 25.8. The lowest BCUT2D eigenvalue weighted by atomic mass is 10.0. The number of rotatable bonds is 18. The topological polar surface area (TPSA) is 96.8 Å². The molecule has 0 radical (unpaired) electrons. The highest BCUT2D eigenvalue weighted by Gasteiger charge is 2.35. The van der Waals surface area contributed by atoms with Crippen LogP contribution in [-0.4, -0.2) is 29.9 Å². The summed E-state index contributed by atoms with van der Waals surface area (Å²) in [6.07, 6.45) is 0. The second-order valence-corrected chi connectivity index (χ2v) is 25.8. The van der Waals surface area contributed by atoms with E-state index in [1.54, 1.807) is 0 Å². The number of para-hydroxylation sites is 6.